The number of benzene rings is 2. The van der Waals surface area contributed by atoms with Gasteiger partial charge in [-0.25, -0.2) is 12.4 Å². The number of alkyl halides is 3. The van der Waals surface area contributed by atoms with Gasteiger partial charge in [-0.1, -0.05) is 11.6 Å². The fraction of sp³-hybridized carbons (Fsp3) is 0.125. The molecule has 0 saturated carbocycles. The van der Waals surface area contributed by atoms with Crippen molar-refractivity contribution in [3.8, 4) is 0 Å². The summed E-state index contributed by atoms with van der Waals surface area (Å²) in [6.45, 7) is -0.207. The van der Waals surface area contributed by atoms with E-state index in [4.69, 9.17) is 17.3 Å². The van der Waals surface area contributed by atoms with E-state index >= 15 is 0 Å². The van der Waals surface area contributed by atoms with Crippen LogP contribution in [0.15, 0.2) is 47.5 Å². The topological polar surface area (TPSA) is 108 Å². The first-order valence-electron chi connectivity index (χ1n) is 7.57. The molecule has 0 amide bonds. The molecule has 2 N–H and O–H groups in total. The molecule has 0 spiro atoms. The average molecular weight is 434 g/mol. The third-order valence-electron chi connectivity index (χ3n) is 4.07. The van der Waals surface area contributed by atoms with Crippen LogP contribution in [-0.2, 0) is 22.7 Å². The van der Waals surface area contributed by atoms with Gasteiger partial charge in [-0.15, -0.1) is 0 Å². The van der Waals surface area contributed by atoms with E-state index in [-0.39, 0.29) is 28.0 Å². The Bertz CT molecular complexity index is 1210. The smallest absolute Gasteiger partial charge is 0.326 e. The van der Waals surface area contributed by atoms with Gasteiger partial charge in [-0.2, -0.15) is 13.2 Å². The Labute approximate surface area is 161 Å². The Balaban J connectivity index is 2.26. The summed E-state index contributed by atoms with van der Waals surface area (Å²) in [5, 5.41) is 10.8. The van der Waals surface area contributed by atoms with Gasteiger partial charge in [-0.3, -0.25) is 10.1 Å². The van der Waals surface area contributed by atoms with Crippen molar-refractivity contribution in [2.24, 2.45) is 5.73 Å². The van der Waals surface area contributed by atoms with Gasteiger partial charge in [0.2, 0.25) is 0 Å². The zero-order valence-electron chi connectivity index (χ0n) is 13.8. The molecule has 7 nitrogen and oxygen atoms in total. The number of nitrogens with two attached hydrogens (primary N) is 1. The van der Waals surface area contributed by atoms with Crippen molar-refractivity contribution in [1.29, 1.82) is 0 Å². The van der Waals surface area contributed by atoms with Crippen LogP contribution < -0.4 is 5.73 Å². The van der Waals surface area contributed by atoms with Crippen LogP contribution in [-0.4, -0.2) is 17.3 Å². The Morgan fingerprint density at radius 1 is 1.18 bits per heavy atom. The molecule has 0 radical (unpaired) electrons. The van der Waals surface area contributed by atoms with Gasteiger partial charge in [-0.05, 0) is 35.9 Å². The molecular weight excluding hydrogens is 423 g/mol. The summed E-state index contributed by atoms with van der Waals surface area (Å²) in [4.78, 5) is 9.75. The summed E-state index contributed by atoms with van der Waals surface area (Å²) in [6.07, 6.45) is -3.52. The first-order valence-corrected chi connectivity index (χ1v) is 9.39. The predicted octanol–water partition coefficient (Wildman–Crippen LogP) is 3.92. The van der Waals surface area contributed by atoms with Crippen molar-refractivity contribution in [2.45, 2.75) is 17.6 Å². The van der Waals surface area contributed by atoms with Gasteiger partial charge in [0.1, 0.15) is 5.02 Å². The zero-order valence-corrected chi connectivity index (χ0v) is 15.3. The maximum atomic E-state index is 13.0. The number of aromatic nitrogens is 1. The van der Waals surface area contributed by atoms with Gasteiger partial charge in [0.25, 0.3) is 15.7 Å². The number of hydrogen-bond donors (Lipinski definition) is 1. The summed E-state index contributed by atoms with van der Waals surface area (Å²) < 4.78 is 65.7. The van der Waals surface area contributed by atoms with Crippen LogP contribution in [0.3, 0.4) is 0 Å². The molecule has 0 aliphatic rings. The monoisotopic (exact) mass is 433 g/mol. The van der Waals surface area contributed by atoms with Crippen molar-refractivity contribution >= 4 is 38.2 Å². The summed E-state index contributed by atoms with van der Waals surface area (Å²) in [5.74, 6) is 0. The summed E-state index contributed by atoms with van der Waals surface area (Å²) in [7, 11) is -4.36. The molecule has 0 atom stereocenters. The van der Waals surface area contributed by atoms with Crippen LogP contribution in [0.5, 0.6) is 0 Å². The van der Waals surface area contributed by atoms with Crippen molar-refractivity contribution in [1.82, 2.24) is 3.97 Å². The van der Waals surface area contributed by atoms with E-state index in [1.807, 2.05) is 0 Å². The van der Waals surface area contributed by atoms with Gasteiger partial charge < -0.3 is 5.73 Å². The van der Waals surface area contributed by atoms with E-state index in [9.17, 15) is 31.7 Å². The van der Waals surface area contributed by atoms with Crippen molar-refractivity contribution < 1.29 is 26.5 Å². The SMILES string of the molecule is NCc1cn(S(=O)(=O)c2ccc(Cl)c([N+](=O)[O-])c2)c2ccc(C(F)(F)F)cc12. The number of nitro groups is 1. The Kier molecular flexibility index (Phi) is 4.86. The van der Waals surface area contributed by atoms with Crippen molar-refractivity contribution in [2.75, 3.05) is 0 Å². The summed E-state index contributed by atoms with van der Waals surface area (Å²) >= 11 is 5.70. The molecule has 3 aromatic rings. The second-order valence-electron chi connectivity index (χ2n) is 5.76. The van der Waals surface area contributed by atoms with E-state index in [2.05, 4.69) is 0 Å². The molecule has 28 heavy (non-hydrogen) atoms. The van der Waals surface area contributed by atoms with Gasteiger partial charge in [0.05, 0.1) is 20.9 Å². The molecule has 0 saturated heterocycles. The molecule has 0 unspecified atom stereocenters. The molecule has 1 aromatic heterocycles. The number of nitro benzene ring substituents is 1. The highest BCUT2D eigenvalue weighted by molar-refractivity contribution is 7.90. The standard InChI is InChI=1S/C16H11ClF3N3O4S/c17-13-3-2-11(6-15(13)23(24)25)28(26,27)22-8-9(7-21)12-5-10(16(18,19)20)1-4-14(12)22/h1-6,8H,7,21H2. The minimum atomic E-state index is -4.61. The molecule has 0 fully saturated rings. The second kappa shape index (κ2) is 6.76. The van der Waals surface area contributed by atoms with Crippen LogP contribution >= 0.6 is 11.6 Å². The minimum absolute atomic E-state index is 0.0179. The van der Waals surface area contributed by atoms with Crippen molar-refractivity contribution in [3.05, 3.63) is 68.9 Å². The number of hydrogen-bond acceptors (Lipinski definition) is 5. The summed E-state index contributed by atoms with van der Waals surface area (Å²) in [6, 6.07) is 5.49. The Morgan fingerprint density at radius 2 is 1.86 bits per heavy atom. The summed E-state index contributed by atoms with van der Waals surface area (Å²) in [5.41, 5.74) is 4.13. The van der Waals surface area contributed by atoms with Crippen LogP contribution in [0.1, 0.15) is 11.1 Å². The molecule has 148 valence electrons. The first-order chi connectivity index (χ1) is 13.0. The molecular formula is C16H11ClF3N3O4S. The Hall–Kier alpha value is -2.63. The zero-order chi connectivity index (χ0) is 20.9. The van der Waals surface area contributed by atoms with E-state index in [1.165, 1.54) is 0 Å². The lowest BCUT2D eigenvalue weighted by atomic mass is 10.1. The number of fused-ring (bicyclic) bond motifs is 1. The number of halogens is 4. The van der Waals surface area contributed by atoms with Gasteiger partial charge in [0.15, 0.2) is 0 Å². The third kappa shape index (κ3) is 3.32. The fourth-order valence-corrected chi connectivity index (χ4v) is 4.31. The molecule has 3 rings (SSSR count). The second-order valence-corrected chi connectivity index (χ2v) is 7.98. The van der Waals surface area contributed by atoms with Gasteiger partial charge >= 0.3 is 6.18 Å². The lowest BCUT2D eigenvalue weighted by Crippen LogP contribution is -2.12. The highest BCUT2D eigenvalue weighted by Crippen LogP contribution is 2.35. The Morgan fingerprint density at radius 3 is 2.43 bits per heavy atom. The van der Waals surface area contributed by atoms with Gasteiger partial charge in [0, 0.05) is 24.2 Å². The molecule has 0 aliphatic heterocycles. The normalized spacial score (nSPS) is 12.5. The van der Waals surface area contributed by atoms with Crippen LogP contribution in [0.2, 0.25) is 5.02 Å². The molecule has 1 heterocycles. The van der Waals surface area contributed by atoms with Crippen LogP contribution in [0, 0.1) is 10.1 Å². The lowest BCUT2D eigenvalue weighted by molar-refractivity contribution is -0.384. The third-order valence-corrected chi connectivity index (χ3v) is 6.06. The molecule has 2 aromatic carbocycles. The van der Waals surface area contributed by atoms with E-state index in [1.54, 1.807) is 0 Å². The predicted molar refractivity (Wildman–Crippen MR) is 95.5 cm³/mol. The first kappa shape index (κ1) is 20.1. The van der Waals surface area contributed by atoms with Crippen molar-refractivity contribution in [3.63, 3.8) is 0 Å². The number of nitrogens with zero attached hydrogens (tertiary/aromatic N) is 2. The lowest BCUT2D eigenvalue weighted by Gasteiger charge is -2.09. The average Bonchev–Trinajstić information content (AvgIpc) is 2.99. The highest BCUT2D eigenvalue weighted by Gasteiger charge is 2.32. The van der Waals surface area contributed by atoms with E-state index < -0.39 is 37.3 Å². The fourth-order valence-electron chi connectivity index (χ4n) is 2.71. The van der Waals surface area contributed by atoms with Crippen LogP contribution in [0.25, 0.3) is 10.9 Å². The molecule has 0 aliphatic carbocycles. The molecule has 0 bridgehead atoms. The van der Waals surface area contributed by atoms with Crippen LogP contribution in [0.4, 0.5) is 18.9 Å². The largest absolute Gasteiger partial charge is 0.416 e. The molecule has 12 heteroatoms. The van der Waals surface area contributed by atoms with E-state index in [0.717, 1.165) is 46.6 Å². The minimum Gasteiger partial charge on any atom is -0.326 e. The number of rotatable bonds is 4. The highest BCUT2D eigenvalue weighted by atomic mass is 35.5. The maximum absolute atomic E-state index is 13.0. The van der Waals surface area contributed by atoms with E-state index in [0.29, 0.717) is 0 Å². The quantitative estimate of drug-likeness (QED) is 0.495. The maximum Gasteiger partial charge on any atom is 0.416 e.